The second-order valence-corrected chi connectivity index (χ2v) is 5.47. The Morgan fingerprint density at radius 2 is 2.25 bits per heavy atom. The van der Waals surface area contributed by atoms with Crippen LogP contribution in [0.2, 0.25) is 0 Å². The molecule has 7 heteroatoms. The van der Waals surface area contributed by atoms with Crippen LogP contribution in [0.1, 0.15) is 28.1 Å². The highest BCUT2D eigenvalue weighted by molar-refractivity contribution is 7.18. The second-order valence-electron chi connectivity index (χ2n) is 4.24. The highest BCUT2D eigenvalue weighted by Gasteiger charge is 2.12. The fourth-order valence-electron chi connectivity index (χ4n) is 1.80. The Kier molecular flexibility index (Phi) is 3.19. The smallest absolute Gasteiger partial charge is 0.315 e. The summed E-state index contributed by atoms with van der Waals surface area (Å²) in [5.41, 5.74) is 1.44. The molecule has 0 atom stereocenters. The van der Waals surface area contributed by atoms with E-state index in [2.05, 4.69) is 20.4 Å². The van der Waals surface area contributed by atoms with E-state index < -0.39 is 0 Å². The number of benzene rings is 1. The first kappa shape index (κ1) is 12.7. The highest BCUT2D eigenvalue weighted by Crippen LogP contribution is 2.23. The number of hydrogen-bond donors (Lipinski definition) is 1. The Bertz CT molecular complexity index is 778. The number of hydrogen-bond acceptors (Lipinski definition) is 6. The number of thiazole rings is 1. The molecular formula is C13H12N4O2S. The van der Waals surface area contributed by atoms with Crippen LogP contribution < -0.4 is 5.32 Å². The van der Waals surface area contributed by atoms with Crippen molar-refractivity contribution in [2.24, 2.45) is 0 Å². The Labute approximate surface area is 118 Å². The lowest BCUT2D eigenvalue weighted by Gasteiger charge is -1.99. The maximum atomic E-state index is 12.1. The average Bonchev–Trinajstić information content (AvgIpc) is 3.02. The van der Waals surface area contributed by atoms with Crippen LogP contribution >= 0.6 is 11.3 Å². The number of fused-ring (bicyclic) bond motifs is 1. The van der Waals surface area contributed by atoms with E-state index in [0.717, 1.165) is 15.2 Å². The fraction of sp³-hybridized carbons (Fsp3) is 0.231. The quantitative estimate of drug-likeness (QED) is 0.801. The molecule has 0 unspecified atom stereocenters. The fourth-order valence-corrected chi connectivity index (χ4v) is 2.67. The summed E-state index contributed by atoms with van der Waals surface area (Å²) < 4.78 is 5.92. The van der Waals surface area contributed by atoms with Gasteiger partial charge in [-0.1, -0.05) is 12.1 Å². The lowest BCUT2D eigenvalue weighted by Crippen LogP contribution is -2.11. The molecule has 0 saturated carbocycles. The van der Waals surface area contributed by atoms with Crippen molar-refractivity contribution in [3.8, 4) is 0 Å². The predicted molar refractivity (Wildman–Crippen MR) is 76.0 cm³/mol. The van der Waals surface area contributed by atoms with Crippen molar-refractivity contribution >= 4 is 33.5 Å². The Hall–Kier alpha value is -2.28. The number of amides is 1. The number of rotatable bonds is 3. The number of aryl methyl sites for hydroxylation is 2. The summed E-state index contributed by atoms with van der Waals surface area (Å²) in [5, 5.41) is 7.29. The molecule has 3 aromatic rings. The molecule has 0 radical (unpaired) electrons. The summed E-state index contributed by atoms with van der Waals surface area (Å²) in [4.78, 5) is 20.5. The monoisotopic (exact) mass is 288 g/mol. The number of nitrogens with one attached hydrogen (secondary N) is 1. The van der Waals surface area contributed by atoms with Gasteiger partial charge in [0.15, 0.2) is 5.82 Å². The summed E-state index contributed by atoms with van der Waals surface area (Å²) in [5.74, 6) is 0.290. The first-order chi connectivity index (χ1) is 9.65. The number of aromatic nitrogens is 3. The molecule has 0 aliphatic heterocycles. The SMILES string of the molecule is CCc1noc(NC(=O)c2ccc3nc(C)sc3c2)n1. The van der Waals surface area contributed by atoms with Crippen LogP contribution in [-0.2, 0) is 6.42 Å². The number of carbonyl (C=O) groups is 1. The van der Waals surface area contributed by atoms with E-state index in [1.54, 1.807) is 17.4 Å². The summed E-state index contributed by atoms with van der Waals surface area (Å²) >= 11 is 1.56. The first-order valence-corrected chi connectivity index (χ1v) is 6.98. The van der Waals surface area contributed by atoms with Crippen LogP contribution in [0.3, 0.4) is 0 Å². The van der Waals surface area contributed by atoms with Gasteiger partial charge in [-0.15, -0.1) is 11.3 Å². The van der Waals surface area contributed by atoms with Crippen molar-refractivity contribution in [2.75, 3.05) is 5.32 Å². The lowest BCUT2D eigenvalue weighted by atomic mass is 10.2. The molecule has 1 N–H and O–H groups in total. The Balaban J connectivity index is 1.84. The third-order valence-electron chi connectivity index (χ3n) is 2.76. The van der Waals surface area contributed by atoms with Gasteiger partial charge in [-0.25, -0.2) is 4.98 Å². The van der Waals surface area contributed by atoms with Crippen molar-refractivity contribution < 1.29 is 9.32 Å². The lowest BCUT2D eigenvalue weighted by molar-refractivity contribution is 0.102. The van der Waals surface area contributed by atoms with Crippen molar-refractivity contribution in [3.05, 3.63) is 34.6 Å². The molecule has 20 heavy (non-hydrogen) atoms. The molecule has 1 aromatic carbocycles. The zero-order valence-corrected chi connectivity index (χ0v) is 11.8. The molecule has 0 bridgehead atoms. The van der Waals surface area contributed by atoms with Gasteiger partial charge in [0.25, 0.3) is 5.91 Å². The normalized spacial score (nSPS) is 10.9. The van der Waals surface area contributed by atoms with Crippen molar-refractivity contribution in [1.82, 2.24) is 15.1 Å². The standard InChI is InChI=1S/C13H12N4O2S/c1-3-11-15-13(19-17-11)16-12(18)8-4-5-9-10(6-8)20-7(2)14-9/h4-6H,3H2,1-2H3,(H,15,16,17,18). The van der Waals surface area contributed by atoms with E-state index in [-0.39, 0.29) is 11.9 Å². The van der Waals surface area contributed by atoms with Crippen LogP contribution in [0.15, 0.2) is 22.7 Å². The van der Waals surface area contributed by atoms with Gasteiger partial charge in [0, 0.05) is 12.0 Å². The summed E-state index contributed by atoms with van der Waals surface area (Å²) in [7, 11) is 0. The van der Waals surface area contributed by atoms with Gasteiger partial charge in [-0.2, -0.15) is 4.98 Å². The van der Waals surface area contributed by atoms with Crippen molar-refractivity contribution in [3.63, 3.8) is 0 Å². The zero-order chi connectivity index (χ0) is 14.1. The molecule has 0 fully saturated rings. The molecule has 6 nitrogen and oxygen atoms in total. The van der Waals surface area contributed by atoms with Gasteiger partial charge in [-0.3, -0.25) is 10.1 Å². The molecule has 0 spiro atoms. The molecule has 0 aliphatic carbocycles. The Morgan fingerprint density at radius 1 is 1.40 bits per heavy atom. The van der Waals surface area contributed by atoms with E-state index in [1.807, 2.05) is 26.0 Å². The van der Waals surface area contributed by atoms with E-state index in [9.17, 15) is 4.79 Å². The molecule has 2 heterocycles. The average molecular weight is 288 g/mol. The summed E-state index contributed by atoms with van der Waals surface area (Å²) in [6, 6.07) is 5.49. The number of nitrogens with zero attached hydrogens (tertiary/aromatic N) is 3. The van der Waals surface area contributed by atoms with Crippen LogP contribution in [0, 0.1) is 6.92 Å². The van der Waals surface area contributed by atoms with Gasteiger partial charge >= 0.3 is 6.01 Å². The van der Waals surface area contributed by atoms with Gasteiger partial charge < -0.3 is 4.52 Å². The first-order valence-electron chi connectivity index (χ1n) is 6.17. The van der Waals surface area contributed by atoms with E-state index in [0.29, 0.717) is 17.8 Å². The van der Waals surface area contributed by atoms with E-state index in [4.69, 9.17) is 4.52 Å². The minimum absolute atomic E-state index is 0.118. The van der Waals surface area contributed by atoms with E-state index in [1.165, 1.54) is 0 Å². The molecular weight excluding hydrogens is 276 g/mol. The minimum Gasteiger partial charge on any atom is -0.315 e. The number of anilines is 1. The molecule has 1 amide bonds. The zero-order valence-electron chi connectivity index (χ0n) is 11.0. The van der Waals surface area contributed by atoms with Gasteiger partial charge in [0.2, 0.25) is 0 Å². The molecule has 102 valence electrons. The van der Waals surface area contributed by atoms with Gasteiger partial charge in [0.1, 0.15) is 0 Å². The third-order valence-corrected chi connectivity index (χ3v) is 3.70. The van der Waals surface area contributed by atoms with Crippen molar-refractivity contribution in [2.45, 2.75) is 20.3 Å². The maximum absolute atomic E-state index is 12.1. The maximum Gasteiger partial charge on any atom is 0.328 e. The molecule has 3 rings (SSSR count). The predicted octanol–water partition coefficient (Wildman–Crippen LogP) is 2.80. The third kappa shape index (κ3) is 2.39. The van der Waals surface area contributed by atoms with Gasteiger partial charge in [-0.05, 0) is 25.1 Å². The largest absolute Gasteiger partial charge is 0.328 e. The number of carbonyl (C=O) groups excluding carboxylic acids is 1. The second kappa shape index (κ2) is 5.01. The molecule has 0 saturated heterocycles. The molecule has 2 aromatic heterocycles. The molecule has 0 aliphatic rings. The Morgan fingerprint density at radius 3 is 3.00 bits per heavy atom. The van der Waals surface area contributed by atoms with Crippen LogP contribution in [-0.4, -0.2) is 21.0 Å². The topological polar surface area (TPSA) is 80.9 Å². The summed E-state index contributed by atoms with van der Waals surface area (Å²) in [6.07, 6.45) is 0.658. The highest BCUT2D eigenvalue weighted by atomic mass is 32.1. The van der Waals surface area contributed by atoms with Crippen LogP contribution in [0.4, 0.5) is 6.01 Å². The summed E-state index contributed by atoms with van der Waals surface area (Å²) in [6.45, 7) is 3.85. The van der Waals surface area contributed by atoms with Gasteiger partial charge in [0.05, 0.1) is 15.2 Å². The van der Waals surface area contributed by atoms with E-state index >= 15 is 0 Å². The minimum atomic E-state index is -0.274. The van der Waals surface area contributed by atoms with Crippen molar-refractivity contribution in [1.29, 1.82) is 0 Å². The van der Waals surface area contributed by atoms with Crippen LogP contribution in [0.25, 0.3) is 10.2 Å². The van der Waals surface area contributed by atoms with Crippen LogP contribution in [0.5, 0.6) is 0 Å².